The minimum atomic E-state index is -0.232. The predicted octanol–water partition coefficient (Wildman–Crippen LogP) is 6.00. The number of amides is 1. The second-order valence-corrected chi connectivity index (χ2v) is 7.80. The summed E-state index contributed by atoms with van der Waals surface area (Å²) >= 11 is 19.4. The van der Waals surface area contributed by atoms with Crippen LogP contribution in [0.1, 0.15) is 25.5 Å². The lowest BCUT2D eigenvalue weighted by atomic mass is 10.1. The van der Waals surface area contributed by atoms with Crippen LogP contribution in [-0.4, -0.2) is 11.2 Å². The van der Waals surface area contributed by atoms with Gasteiger partial charge in [-0.1, -0.05) is 40.9 Å². The fraction of sp³-hybridized carbons (Fsp3) is 0.235. The highest BCUT2D eigenvalue weighted by atomic mass is 35.5. The number of carbonyl (C=O) groups is 1. The Bertz CT molecular complexity index is 691. The molecular formula is C17H16Cl3NOS. The maximum absolute atomic E-state index is 12.3. The van der Waals surface area contributed by atoms with E-state index in [1.165, 1.54) is 11.8 Å². The summed E-state index contributed by atoms with van der Waals surface area (Å²) in [5.74, 6) is -0.0523. The summed E-state index contributed by atoms with van der Waals surface area (Å²) in [6, 6.07) is 12.5. The number of hydrogen-bond acceptors (Lipinski definition) is 2. The SMILES string of the molecule is C[C@H](NC(=O)[C@@H](C)Sc1ccc(Cl)cc1)c1ccc(Cl)cc1Cl. The molecule has 0 radical (unpaired) electrons. The molecule has 2 atom stereocenters. The van der Waals surface area contributed by atoms with Crippen LogP contribution in [0, 0.1) is 0 Å². The van der Waals surface area contributed by atoms with Crippen LogP contribution in [0.3, 0.4) is 0 Å². The van der Waals surface area contributed by atoms with Gasteiger partial charge in [-0.15, -0.1) is 11.8 Å². The summed E-state index contributed by atoms with van der Waals surface area (Å²) in [6.07, 6.45) is 0. The van der Waals surface area contributed by atoms with E-state index in [4.69, 9.17) is 34.8 Å². The van der Waals surface area contributed by atoms with Crippen molar-refractivity contribution in [2.24, 2.45) is 0 Å². The lowest BCUT2D eigenvalue weighted by molar-refractivity contribution is -0.120. The highest BCUT2D eigenvalue weighted by Gasteiger charge is 2.18. The van der Waals surface area contributed by atoms with Gasteiger partial charge >= 0.3 is 0 Å². The summed E-state index contributed by atoms with van der Waals surface area (Å²) in [5, 5.41) is 4.54. The van der Waals surface area contributed by atoms with E-state index >= 15 is 0 Å². The Balaban J connectivity index is 1.98. The average Bonchev–Trinajstić information content (AvgIpc) is 2.49. The molecule has 0 bridgehead atoms. The fourth-order valence-electron chi connectivity index (χ4n) is 2.03. The van der Waals surface area contributed by atoms with Gasteiger partial charge in [0.25, 0.3) is 0 Å². The number of rotatable bonds is 5. The Morgan fingerprint density at radius 3 is 2.22 bits per heavy atom. The minimum absolute atomic E-state index is 0.0523. The summed E-state index contributed by atoms with van der Waals surface area (Å²) in [7, 11) is 0. The zero-order chi connectivity index (χ0) is 17.0. The van der Waals surface area contributed by atoms with Crippen LogP contribution < -0.4 is 5.32 Å². The molecule has 2 nitrogen and oxygen atoms in total. The molecule has 0 unspecified atom stereocenters. The summed E-state index contributed by atoms with van der Waals surface area (Å²) < 4.78 is 0. The monoisotopic (exact) mass is 387 g/mol. The van der Waals surface area contributed by atoms with Crippen LogP contribution in [0.4, 0.5) is 0 Å². The van der Waals surface area contributed by atoms with Crippen molar-refractivity contribution in [1.29, 1.82) is 0 Å². The quantitative estimate of drug-likeness (QED) is 0.636. The van der Waals surface area contributed by atoms with Gasteiger partial charge in [0.05, 0.1) is 11.3 Å². The van der Waals surface area contributed by atoms with Crippen molar-refractivity contribution >= 4 is 52.5 Å². The van der Waals surface area contributed by atoms with Gasteiger partial charge in [-0.2, -0.15) is 0 Å². The molecule has 6 heteroatoms. The zero-order valence-electron chi connectivity index (χ0n) is 12.6. The molecular weight excluding hydrogens is 373 g/mol. The van der Waals surface area contributed by atoms with Crippen molar-refractivity contribution in [2.45, 2.75) is 30.0 Å². The molecule has 0 aliphatic carbocycles. The van der Waals surface area contributed by atoms with Gasteiger partial charge in [0.2, 0.25) is 5.91 Å². The Morgan fingerprint density at radius 1 is 1.00 bits per heavy atom. The van der Waals surface area contributed by atoms with Crippen LogP contribution >= 0.6 is 46.6 Å². The average molecular weight is 389 g/mol. The Hall–Kier alpha value is -0.870. The first-order chi connectivity index (χ1) is 10.9. The van der Waals surface area contributed by atoms with Crippen molar-refractivity contribution in [3.8, 4) is 0 Å². The van der Waals surface area contributed by atoms with Crippen molar-refractivity contribution in [1.82, 2.24) is 5.32 Å². The molecule has 1 N–H and O–H groups in total. The van der Waals surface area contributed by atoms with Crippen LogP contribution in [-0.2, 0) is 4.79 Å². The number of hydrogen-bond donors (Lipinski definition) is 1. The first-order valence-electron chi connectivity index (χ1n) is 7.04. The van der Waals surface area contributed by atoms with Crippen molar-refractivity contribution in [2.75, 3.05) is 0 Å². The third-order valence-corrected chi connectivity index (χ3v) is 5.21. The highest BCUT2D eigenvalue weighted by molar-refractivity contribution is 8.00. The maximum atomic E-state index is 12.3. The van der Waals surface area contributed by atoms with E-state index in [2.05, 4.69) is 5.32 Å². The molecule has 0 heterocycles. The van der Waals surface area contributed by atoms with Gasteiger partial charge in [0.15, 0.2) is 0 Å². The lowest BCUT2D eigenvalue weighted by Crippen LogP contribution is -2.33. The minimum Gasteiger partial charge on any atom is -0.349 e. The first-order valence-corrected chi connectivity index (χ1v) is 9.05. The maximum Gasteiger partial charge on any atom is 0.233 e. The van der Waals surface area contributed by atoms with E-state index in [-0.39, 0.29) is 17.2 Å². The molecule has 122 valence electrons. The van der Waals surface area contributed by atoms with E-state index in [9.17, 15) is 4.79 Å². The van der Waals surface area contributed by atoms with Gasteiger partial charge in [0.1, 0.15) is 0 Å². The van der Waals surface area contributed by atoms with Crippen LogP contribution in [0.25, 0.3) is 0 Å². The van der Waals surface area contributed by atoms with Gasteiger partial charge in [-0.05, 0) is 55.8 Å². The van der Waals surface area contributed by atoms with Crippen molar-refractivity contribution in [3.05, 3.63) is 63.1 Å². The smallest absolute Gasteiger partial charge is 0.233 e. The Kier molecular flexibility index (Phi) is 6.66. The second kappa shape index (κ2) is 8.29. The van der Waals surface area contributed by atoms with Gasteiger partial charge in [0, 0.05) is 20.0 Å². The molecule has 0 saturated carbocycles. The van der Waals surface area contributed by atoms with E-state index in [0.29, 0.717) is 15.1 Å². The van der Waals surface area contributed by atoms with Crippen LogP contribution in [0.2, 0.25) is 15.1 Å². The first kappa shape index (κ1) is 18.5. The molecule has 0 saturated heterocycles. The number of nitrogens with one attached hydrogen (secondary N) is 1. The van der Waals surface area contributed by atoms with E-state index < -0.39 is 0 Å². The van der Waals surface area contributed by atoms with E-state index in [1.54, 1.807) is 12.1 Å². The topological polar surface area (TPSA) is 29.1 Å². The third kappa shape index (κ3) is 5.32. The normalized spacial score (nSPS) is 13.4. The number of thioether (sulfide) groups is 1. The van der Waals surface area contributed by atoms with Gasteiger partial charge in [-0.25, -0.2) is 0 Å². The lowest BCUT2D eigenvalue weighted by Gasteiger charge is -2.19. The van der Waals surface area contributed by atoms with E-state index in [1.807, 2.05) is 44.2 Å². The molecule has 0 fully saturated rings. The second-order valence-electron chi connectivity index (χ2n) is 5.11. The number of halogens is 3. The molecule has 0 aromatic heterocycles. The number of carbonyl (C=O) groups excluding carboxylic acids is 1. The fourth-order valence-corrected chi connectivity index (χ4v) is 3.61. The highest BCUT2D eigenvalue weighted by Crippen LogP contribution is 2.28. The molecule has 0 aliphatic rings. The number of benzene rings is 2. The Labute approximate surface area is 155 Å². The molecule has 0 aliphatic heterocycles. The predicted molar refractivity (Wildman–Crippen MR) is 99.8 cm³/mol. The molecule has 2 rings (SSSR count). The van der Waals surface area contributed by atoms with Crippen molar-refractivity contribution in [3.63, 3.8) is 0 Å². The summed E-state index contributed by atoms with van der Waals surface area (Å²) in [6.45, 7) is 3.76. The third-order valence-electron chi connectivity index (χ3n) is 3.28. The summed E-state index contributed by atoms with van der Waals surface area (Å²) in [4.78, 5) is 13.3. The standard InChI is InChI=1S/C17H16Cl3NOS/c1-10(15-8-5-13(19)9-16(15)20)21-17(22)11(2)23-14-6-3-12(18)4-7-14/h3-11H,1-2H3,(H,21,22)/t10-,11+/m0/s1. The largest absolute Gasteiger partial charge is 0.349 e. The van der Waals surface area contributed by atoms with Gasteiger partial charge in [-0.3, -0.25) is 4.79 Å². The molecule has 1 amide bonds. The molecule has 23 heavy (non-hydrogen) atoms. The Morgan fingerprint density at radius 2 is 1.61 bits per heavy atom. The van der Waals surface area contributed by atoms with Crippen molar-refractivity contribution < 1.29 is 4.79 Å². The zero-order valence-corrected chi connectivity index (χ0v) is 15.7. The van der Waals surface area contributed by atoms with Crippen LogP contribution in [0.5, 0.6) is 0 Å². The van der Waals surface area contributed by atoms with Crippen LogP contribution in [0.15, 0.2) is 47.4 Å². The molecule has 2 aromatic carbocycles. The molecule has 0 spiro atoms. The summed E-state index contributed by atoms with van der Waals surface area (Å²) in [5.41, 5.74) is 0.841. The molecule has 2 aromatic rings. The van der Waals surface area contributed by atoms with Gasteiger partial charge < -0.3 is 5.32 Å². The van der Waals surface area contributed by atoms with E-state index in [0.717, 1.165) is 10.5 Å².